The van der Waals surface area contributed by atoms with Gasteiger partial charge in [0.2, 0.25) is 0 Å². The number of hydrogen-bond donors (Lipinski definition) is 0. The summed E-state index contributed by atoms with van der Waals surface area (Å²) in [5.41, 5.74) is 9.38. The number of carbonyl (C=O) groups is 1. The summed E-state index contributed by atoms with van der Waals surface area (Å²) in [6, 6.07) is 25.1. The van der Waals surface area contributed by atoms with Gasteiger partial charge in [-0.25, -0.2) is 4.98 Å². The number of aryl methyl sites for hydroxylation is 2. The number of fused-ring (bicyclic) bond motifs is 1. The molecule has 1 aliphatic rings. The van der Waals surface area contributed by atoms with Crippen molar-refractivity contribution < 1.29 is 4.79 Å². The van der Waals surface area contributed by atoms with Gasteiger partial charge in [0.25, 0.3) is 5.91 Å². The molecule has 2 aromatic carbocycles. The van der Waals surface area contributed by atoms with Crippen molar-refractivity contribution in [1.82, 2.24) is 29.3 Å². The van der Waals surface area contributed by atoms with Gasteiger partial charge in [-0.05, 0) is 87.7 Å². The number of unbranched alkanes of at least 4 members (excludes halogenated alkanes) is 6. The van der Waals surface area contributed by atoms with E-state index in [0.717, 1.165) is 66.3 Å². The minimum Gasteiger partial charge on any atom is -0.324 e. The lowest BCUT2D eigenvalue weighted by atomic mass is 10.00. The third-order valence-electron chi connectivity index (χ3n) is 10.4. The molecule has 4 heterocycles. The molecule has 5 aromatic rings. The van der Waals surface area contributed by atoms with Crippen LogP contribution in [0, 0.1) is 13.8 Å². The average Bonchev–Trinajstić information content (AvgIpc) is 3.82. The van der Waals surface area contributed by atoms with Gasteiger partial charge in [-0.15, -0.1) is 0 Å². The number of rotatable bonds is 18. The van der Waals surface area contributed by atoms with Crippen molar-refractivity contribution in [2.75, 3.05) is 26.2 Å². The lowest BCUT2D eigenvalue weighted by Crippen LogP contribution is -2.27. The number of imidazole rings is 1. The van der Waals surface area contributed by atoms with E-state index in [1.807, 2.05) is 36.2 Å². The molecule has 0 aliphatic carbocycles. The summed E-state index contributed by atoms with van der Waals surface area (Å²) in [7, 11) is 0. The number of benzene rings is 2. The van der Waals surface area contributed by atoms with Gasteiger partial charge in [-0.2, -0.15) is 0 Å². The zero-order chi connectivity index (χ0) is 36.8. The average molecular weight is 709 g/mol. The van der Waals surface area contributed by atoms with E-state index in [9.17, 15) is 4.79 Å². The molecule has 1 aliphatic heterocycles. The lowest BCUT2D eigenvalue weighted by molar-refractivity contribution is 0.0819. The number of carbonyl (C=O) groups excluding carboxylic acids is 1. The Morgan fingerprint density at radius 3 is 2.34 bits per heavy atom. The SMILES string of the molecule is CCCCCCCCCN(C=CCc1cccc(C(=CCN2CCCC2)c2ccc(C)cc2)n1)C(=O)c1ccc(Cn2c(C)nc3cnccc32)cc1. The Hall–Kier alpha value is -4.88. The second-order valence-electron chi connectivity index (χ2n) is 14.5. The number of amides is 1. The van der Waals surface area contributed by atoms with Crippen LogP contribution >= 0.6 is 0 Å². The second kappa shape index (κ2) is 19.3. The van der Waals surface area contributed by atoms with E-state index in [1.54, 1.807) is 12.4 Å². The topological polar surface area (TPSA) is 67.2 Å². The molecule has 0 bridgehead atoms. The molecule has 0 radical (unpaired) electrons. The van der Waals surface area contributed by atoms with Crippen LogP contribution in [0.4, 0.5) is 0 Å². The summed E-state index contributed by atoms with van der Waals surface area (Å²) in [5.74, 6) is 0.978. The molecule has 53 heavy (non-hydrogen) atoms. The highest BCUT2D eigenvalue weighted by Crippen LogP contribution is 2.24. The van der Waals surface area contributed by atoms with Crippen LogP contribution in [0.15, 0.2) is 104 Å². The van der Waals surface area contributed by atoms with Crippen LogP contribution in [-0.4, -0.2) is 61.4 Å². The predicted molar refractivity (Wildman–Crippen MR) is 218 cm³/mol. The van der Waals surface area contributed by atoms with E-state index < -0.39 is 0 Å². The van der Waals surface area contributed by atoms with Crippen LogP contribution in [-0.2, 0) is 13.0 Å². The number of nitrogens with zero attached hydrogens (tertiary/aromatic N) is 6. The maximum Gasteiger partial charge on any atom is 0.257 e. The third kappa shape index (κ3) is 10.6. The van der Waals surface area contributed by atoms with Gasteiger partial charge in [0.15, 0.2) is 0 Å². The molecule has 0 unspecified atom stereocenters. The quantitative estimate of drug-likeness (QED) is 0.0848. The molecule has 0 N–H and O–H groups in total. The highest BCUT2D eigenvalue weighted by molar-refractivity contribution is 5.95. The van der Waals surface area contributed by atoms with Crippen molar-refractivity contribution in [3.05, 3.63) is 143 Å². The molecule has 7 nitrogen and oxygen atoms in total. The minimum absolute atomic E-state index is 0.0299. The smallest absolute Gasteiger partial charge is 0.257 e. The second-order valence-corrected chi connectivity index (χ2v) is 14.5. The first-order valence-electron chi connectivity index (χ1n) is 19.8. The highest BCUT2D eigenvalue weighted by atomic mass is 16.2. The van der Waals surface area contributed by atoms with Gasteiger partial charge in [-0.3, -0.25) is 19.7 Å². The predicted octanol–water partition coefficient (Wildman–Crippen LogP) is 9.97. The molecule has 6 rings (SSSR count). The Labute approximate surface area is 316 Å². The van der Waals surface area contributed by atoms with Crippen molar-refractivity contribution in [2.45, 2.75) is 91.5 Å². The third-order valence-corrected chi connectivity index (χ3v) is 10.4. The van der Waals surface area contributed by atoms with E-state index in [2.05, 4.69) is 100 Å². The zero-order valence-corrected chi connectivity index (χ0v) is 32.0. The molecule has 276 valence electrons. The lowest BCUT2D eigenvalue weighted by Gasteiger charge is -2.19. The van der Waals surface area contributed by atoms with Gasteiger partial charge in [0.05, 0.1) is 17.4 Å². The Bertz CT molecular complexity index is 1970. The molecule has 1 amide bonds. The standard InChI is InChI=1S/C46H56N6O/c1-4-5-6-7-8-9-10-31-51(46(53)40-24-20-38(21-25-40)35-52-37(3)48-44-34-47-28-26-45(44)52)32-14-16-41-15-13-17-43(49-41)42(27-33-50-29-11-12-30-50)39-22-18-36(2)19-23-39/h13-15,17-28,32,34H,4-12,16,29-31,33,35H2,1-3H3. The summed E-state index contributed by atoms with van der Waals surface area (Å²) >= 11 is 0. The fraction of sp³-hybridized carbons (Fsp3) is 0.391. The maximum atomic E-state index is 14.0. The monoisotopic (exact) mass is 708 g/mol. The van der Waals surface area contributed by atoms with Crippen LogP contribution in [0.2, 0.25) is 0 Å². The number of aromatic nitrogens is 4. The highest BCUT2D eigenvalue weighted by Gasteiger charge is 2.16. The number of hydrogen-bond acceptors (Lipinski definition) is 5. The molecule has 1 saturated heterocycles. The fourth-order valence-electron chi connectivity index (χ4n) is 7.22. The normalized spacial score (nSPS) is 13.8. The van der Waals surface area contributed by atoms with E-state index >= 15 is 0 Å². The molecule has 3 aromatic heterocycles. The number of pyridine rings is 2. The van der Waals surface area contributed by atoms with E-state index in [4.69, 9.17) is 4.98 Å². The summed E-state index contributed by atoms with van der Waals surface area (Å²) < 4.78 is 2.19. The first-order chi connectivity index (χ1) is 26.0. The van der Waals surface area contributed by atoms with E-state index in [-0.39, 0.29) is 5.91 Å². The number of likely N-dealkylation sites (tertiary alicyclic amines) is 1. The van der Waals surface area contributed by atoms with Crippen molar-refractivity contribution in [3.8, 4) is 0 Å². The van der Waals surface area contributed by atoms with Crippen LogP contribution in [0.1, 0.15) is 109 Å². The van der Waals surface area contributed by atoms with E-state index in [0.29, 0.717) is 25.1 Å². The first-order valence-corrected chi connectivity index (χ1v) is 19.8. The Morgan fingerprint density at radius 1 is 0.830 bits per heavy atom. The van der Waals surface area contributed by atoms with Gasteiger partial charge in [0, 0.05) is 55.3 Å². The molecule has 0 saturated carbocycles. The van der Waals surface area contributed by atoms with Gasteiger partial charge in [-0.1, -0.05) is 106 Å². The Kier molecular flexibility index (Phi) is 13.8. The van der Waals surface area contributed by atoms with Crippen LogP contribution < -0.4 is 0 Å². The Morgan fingerprint density at radius 2 is 1.57 bits per heavy atom. The van der Waals surface area contributed by atoms with Gasteiger partial charge < -0.3 is 9.47 Å². The summed E-state index contributed by atoms with van der Waals surface area (Å²) in [6.45, 7) is 11.0. The van der Waals surface area contributed by atoms with Crippen molar-refractivity contribution in [1.29, 1.82) is 0 Å². The Balaban J connectivity index is 1.15. The minimum atomic E-state index is 0.0299. The van der Waals surface area contributed by atoms with Gasteiger partial charge >= 0.3 is 0 Å². The number of allylic oxidation sites excluding steroid dienone is 1. The summed E-state index contributed by atoms with van der Waals surface area (Å²) in [4.78, 5) is 32.4. The molecular weight excluding hydrogens is 653 g/mol. The summed E-state index contributed by atoms with van der Waals surface area (Å²) in [6.07, 6.45) is 21.7. The van der Waals surface area contributed by atoms with Crippen molar-refractivity contribution in [3.63, 3.8) is 0 Å². The molecule has 0 spiro atoms. The molecular formula is C46H56N6O. The van der Waals surface area contributed by atoms with Crippen LogP contribution in [0.25, 0.3) is 16.6 Å². The zero-order valence-electron chi connectivity index (χ0n) is 32.0. The van der Waals surface area contributed by atoms with E-state index in [1.165, 1.54) is 61.6 Å². The molecule has 0 atom stereocenters. The van der Waals surface area contributed by atoms with Crippen LogP contribution in [0.3, 0.4) is 0 Å². The molecule has 1 fully saturated rings. The first kappa shape index (κ1) is 37.9. The molecule has 7 heteroatoms. The fourth-order valence-corrected chi connectivity index (χ4v) is 7.22. The maximum absolute atomic E-state index is 14.0. The van der Waals surface area contributed by atoms with Crippen molar-refractivity contribution in [2.24, 2.45) is 0 Å². The van der Waals surface area contributed by atoms with Gasteiger partial charge in [0.1, 0.15) is 11.3 Å². The summed E-state index contributed by atoms with van der Waals surface area (Å²) in [5, 5.41) is 0. The van der Waals surface area contributed by atoms with Crippen molar-refractivity contribution >= 4 is 22.5 Å². The van der Waals surface area contributed by atoms with Crippen LogP contribution in [0.5, 0.6) is 0 Å². The largest absolute Gasteiger partial charge is 0.324 e.